The van der Waals surface area contributed by atoms with Crippen LogP contribution in [0.15, 0.2) is 170 Å². The Labute approximate surface area is 424 Å². The van der Waals surface area contributed by atoms with Gasteiger partial charge in [0.25, 0.3) is 11.8 Å². The highest BCUT2D eigenvalue weighted by molar-refractivity contribution is 7.99. The number of ether oxygens (including phenoxy) is 10. The average Bonchev–Trinajstić information content (AvgIpc) is 3.68. The number of amides is 2. The number of fused-ring (bicyclic) bond motifs is 2. The van der Waals surface area contributed by atoms with Crippen molar-refractivity contribution in [3.8, 4) is 5.75 Å². The summed E-state index contributed by atoms with van der Waals surface area (Å²) in [6.45, 7) is 3.11. The number of hydrogen-bond acceptors (Lipinski definition) is 13. The highest BCUT2D eigenvalue weighted by atomic mass is 32.2. The van der Waals surface area contributed by atoms with Crippen LogP contribution in [0.2, 0.25) is 0 Å². The molecule has 3 fully saturated rings. The normalized spacial score (nSPS) is 27.0. The molecule has 13 nitrogen and oxygen atoms in total. The van der Waals surface area contributed by atoms with Gasteiger partial charge in [0.15, 0.2) is 12.6 Å². The van der Waals surface area contributed by atoms with Crippen LogP contribution in [0.5, 0.6) is 5.75 Å². The van der Waals surface area contributed by atoms with E-state index >= 15 is 0 Å². The van der Waals surface area contributed by atoms with Crippen molar-refractivity contribution in [3.63, 3.8) is 0 Å². The Morgan fingerprint density at radius 1 is 0.569 bits per heavy atom. The number of rotatable bonds is 20. The zero-order valence-corrected chi connectivity index (χ0v) is 41.0. The number of carbonyl (C=O) groups excluding carboxylic acids is 2. The zero-order valence-electron chi connectivity index (χ0n) is 40.2. The first-order valence-corrected chi connectivity index (χ1v) is 25.5. The molecule has 0 aliphatic carbocycles. The van der Waals surface area contributed by atoms with E-state index in [1.807, 2.05) is 153 Å². The molecule has 11 atom stereocenters. The molecule has 14 heteroatoms. The van der Waals surface area contributed by atoms with Gasteiger partial charge in [-0.15, -0.1) is 11.8 Å². The molecule has 4 aliphatic heterocycles. The first-order chi connectivity index (χ1) is 35.4. The van der Waals surface area contributed by atoms with Crippen molar-refractivity contribution in [2.75, 3.05) is 26.1 Å². The number of methoxy groups -OCH3 is 1. The van der Waals surface area contributed by atoms with Gasteiger partial charge in [-0.1, -0.05) is 153 Å². The fraction of sp³-hybridized carbons (Fsp3) is 0.345. The fourth-order valence-electron chi connectivity index (χ4n) is 9.71. The summed E-state index contributed by atoms with van der Waals surface area (Å²) in [6, 6.07) is 52.9. The van der Waals surface area contributed by atoms with Gasteiger partial charge in [0.1, 0.15) is 60.0 Å². The first-order valence-electron chi connectivity index (χ1n) is 24.5. The maximum atomic E-state index is 14.7. The average molecular weight is 994 g/mol. The predicted octanol–water partition coefficient (Wildman–Crippen LogP) is 9.34. The summed E-state index contributed by atoms with van der Waals surface area (Å²) >= 11 is 1.48. The molecule has 6 aromatic rings. The monoisotopic (exact) mass is 993 g/mol. The van der Waals surface area contributed by atoms with E-state index in [0.717, 1.165) is 27.8 Å². The second-order valence-electron chi connectivity index (χ2n) is 18.0. The van der Waals surface area contributed by atoms with Crippen LogP contribution < -0.4 is 4.74 Å². The molecule has 4 heterocycles. The van der Waals surface area contributed by atoms with Gasteiger partial charge in [-0.2, -0.15) is 0 Å². The Bertz CT molecular complexity index is 2630. The van der Waals surface area contributed by atoms with Crippen LogP contribution in [0.25, 0.3) is 0 Å². The van der Waals surface area contributed by atoms with Crippen LogP contribution in [0.4, 0.5) is 0 Å². The van der Waals surface area contributed by atoms with E-state index in [4.69, 9.17) is 47.4 Å². The van der Waals surface area contributed by atoms with E-state index in [1.54, 1.807) is 31.4 Å². The van der Waals surface area contributed by atoms with Gasteiger partial charge < -0.3 is 47.4 Å². The van der Waals surface area contributed by atoms with Crippen molar-refractivity contribution in [1.29, 1.82) is 0 Å². The third-order valence-corrected chi connectivity index (χ3v) is 14.3. The molecule has 0 N–H and O–H groups in total. The van der Waals surface area contributed by atoms with E-state index in [1.165, 1.54) is 16.7 Å². The van der Waals surface area contributed by atoms with Crippen molar-refractivity contribution < 1.29 is 57.0 Å². The van der Waals surface area contributed by atoms with E-state index in [-0.39, 0.29) is 33.0 Å². The summed E-state index contributed by atoms with van der Waals surface area (Å²) in [5, 5.41) is 0. The largest absolute Gasteiger partial charge is 0.497 e. The molecule has 1 unspecified atom stereocenters. The van der Waals surface area contributed by atoms with E-state index in [9.17, 15) is 9.59 Å². The molecule has 0 saturated carbocycles. The second-order valence-corrected chi connectivity index (χ2v) is 19.4. The molecule has 2 amide bonds. The molecular weight excluding hydrogens is 935 g/mol. The fourth-order valence-corrected chi connectivity index (χ4v) is 10.7. The highest BCUT2D eigenvalue weighted by Gasteiger charge is 2.59. The standard InChI is InChI=1S/C58H59NO12S/c1-3-72-58-48(59-54(60)44-26-16-17-27-45(44)55(59)61)51(50-47(69-58)37-67-56(70-50)42-24-14-7-15-25-42)71-57-53(66-34-40-22-12-6-13-23-40)52(65-35-41-28-30-43(62-2)31-29-41)49(64-33-39-20-10-5-11-21-39)46(68-57)36-63-32-38-18-8-4-9-19-38/h4-31,46-53,56-58H,3,32-37H2,1-2H3/t46-,47-,48-,49+,50-,51-,52+,53-,56?,57-,58+/m1/s1. The molecule has 374 valence electrons. The predicted molar refractivity (Wildman–Crippen MR) is 269 cm³/mol. The number of hydrogen-bond donors (Lipinski definition) is 0. The Hall–Kier alpha value is -5.75. The van der Waals surface area contributed by atoms with E-state index in [0.29, 0.717) is 29.2 Å². The zero-order chi connectivity index (χ0) is 49.2. The maximum Gasteiger partial charge on any atom is 0.262 e. The van der Waals surface area contributed by atoms with Gasteiger partial charge in [-0.3, -0.25) is 14.5 Å². The number of benzene rings is 6. The van der Waals surface area contributed by atoms with Crippen molar-refractivity contribution in [2.24, 2.45) is 0 Å². The van der Waals surface area contributed by atoms with Gasteiger partial charge in [0.05, 0.1) is 57.9 Å². The van der Waals surface area contributed by atoms with Crippen molar-refractivity contribution in [1.82, 2.24) is 4.90 Å². The summed E-state index contributed by atoms with van der Waals surface area (Å²) in [6.07, 6.45) is -7.98. The maximum absolute atomic E-state index is 14.7. The number of carbonyl (C=O) groups is 2. The van der Waals surface area contributed by atoms with Crippen LogP contribution in [-0.2, 0) is 69.1 Å². The number of imide groups is 1. The van der Waals surface area contributed by atoms with Crippen molar-refractivity contribution in [2.45, 2.75) is 100 Å². The molecular formula is C58H59NO12S. The SMILES string of the molecule is CCS[C@@H]1O[C@@H]2COC(c3ccccc3)O[C@H]2[C@H](O[C@H]2O[C@H](COCc3ccccc3)[C@H](OCc3ccccc3)[C@H](OCc3ccc(OC)cc3)[C@H]2OCc2ccccc2)[C@H]1N1C(=O)c2ccccc2C1=O. The topological polar surface area (TPSA) is 130 Å². The van der Waals surface area contributed by atoms with Crippen LogP contribution in [0.3, 0.4) is 0 Å². The summed E-state index contributed by atoms with van der Waals surface area (Å²) in [4.78, 5) is 30.7. The Balaban J connectivity index is 1.07. The molecule has 0 aromatic heterocycles. The quantitative estimate of drug-likeness (QED) is 0.0675. The number of nitrogens with zero attached hydrogens (tertiary/aromatic N) is 1. The highest BCUT2D eigenvalue weighted by Crippen LogP contribution is 2.44. The lowest BCUT2D eigenvalue weighted by Crippen LogP contribution is -2.69. The Kier molecular flexibility index (Phi) is 16.5. The Morgan fingerprint density at radius 2 is 1.10 bits per heavy atom. The minimum absolute atomic E-state index is 0.0818. The van der Waals surface area contributed by atoms with Crippen LogP contribution in [0.1, 0.15) is 61.7 Å². The third kappa shape index (κ3) is 11.4. The van der Waals surface area contributed by atoms with Gasteiger partial charge >= 0.3 is 0 Å². The molecule has 72 heavy (non-hydrogen) atoms. The van der Waals surface area contributed by atoms with Gasteiger partial charge in [0.2, 0.25) is 0 Å². The lowest BCUT2D eigenvalue weighted by molar-refractivity contribution is -0.369. The molecule has 3 saturated heterocycles. The molecule has 0 spiro atoms. The third-order valence-electron chi connectivity index (χ3n) is 13.3. The molecule has 6 aromatic carbocycles. The Morgan fingerprint density at radius 3 is 1.68 bits per heavy atom. The summed E-state index contributed by atoms with van der Waals surface area (Å²) < 4.78 is 68.0. The van der Waals surface area contributed by atoms with Crippen LogP contribution in [0, 0.1) is 0 Å². The number of thioether (sulfide) groups is 1. The summed E-state index contributed by atoms with van der Waals surface area (Å²) in [7, 11) is 1.63. The van der Waals surface area contributed by atoms with Crippen LogP contribution in [-0.4, -0.2) is 103 Å². The van der Waals surface area contributed by atoms with Gasteiger partial charge in [0, 0.05) is 5.56 Å². The smallest absolute Gasteiger partial charge is 0.262 e. The lowest BCUT2D eigenvalue weighted by Gasteiger charge is -2.53. The summed E-state index contributed by atoms with van der Waals surface area (Å²) in [5.74, 6) is 0.420. The lowest BCUT2D eigenvalue weighted by atomic mass is 9.94. The van der Waals surface area contributed by atoms with Gasteiger partial charge in [-0.05, 0) is 52.3 Å². The molecule has 0 bridgehead atoms. The van der Waals surface area contributed by atoms with Crippen molar-refractivity contribution >= 4 is 23.6 Å². The first kappa shape index (κ1) is 49.8. The van der Waals surface area contributed by atoms with E-state index in [2.05, 4.69) is 0 Å². The van der Waals surface area contributed by atoms with Crippen molar-refractivity contribution in [3.05, 3.63) is 209 Å². The van der Waals surface area contributed by atoms with E-state index < -0.39 is 78.6 Å². The second kappa shape index (κ2) is 23.9. The summed E-state index contributed by atoms with van der Waals surface area (Å²) in [5.41, 5.74) is 4.39. The minimum atomic E-state index is -1.22. The van der Waals surface area contributed by atoms with Gasteiger partial charge in [-0.25, -0.2) is 0 Å². The van der Waals surface area contributed by atoms with Crippen LogP contribution >= 0.6 is 11.8 Å². The minimum Gasteiger partial charge on any atom is -0.497 e. The molecule has 10 rings (SSSR count). The molecule has 0 radical (unpaired) electrons. The molecule has 4 aliphatic rings.